The third-order valence-electron chi connectivity index (χ3n) is 4.10. The van der Waals surface area contributed by atoms with Crippen molar-refractivity contribution in [2.24, 2.45) is 0 Å². The topological polar surface area (TPSA) is 87.5 Å². The van der Waals surface area contributed by atoms with Gasteiger partial charge >= 0.3 is 5.97 Å². The third-order valence-corrected chi connectivity index (χ3v) is 5.69. The molecule has 1 aliphatic rings. The van der Waals surface area contributed by atoms with E-state index in [0.29, 0.717) is 30.0 Å². The van der Waals surface area contributed by atoms with Crippen LogP contribution in [0.4, 0.5) is 0 Å². The molecule has 0 amide bonds. The highest BCUT2D eigenvalue weighted by atomic mass is 32.2. The minimum absolute atomic E-state index is 0.0538. The third kappa shape index (κ3) is 3.82. The van der Waals surface area contributed by atoms with Crippen molar-refractivity contribution < 1.29 is 22.7 Å². The van der Waals surface area contributed by atoms with Gasteiger partial charge in [0.05, 0.1) is 17.2 Å². The summed E-state index contributed by atoms with van der Waals surface area (Å²) in [4.78, 5) is 12.9. The van der Waals surface area contributed by atoms with E-state index in [4.69, 9.17) is 9.47 Å². The number of rotatable bonds is 5. The lowest BCUT2D eigenvalue weighted by Crippen LogP contribution is -2.28. The molecule has 0 aliphatic heterocycles. The summed E-state index contributed by atoms with van der Waals surface area (Å²) in [5.41, 5.74) is 0.963. The zero-order valence-corrected chi connectivity index (χ0v) is 17.5. The van der Waals surface area contributed by atoms with Gasteiger partial charge in [-0.1, -0.05) is 17.7 Å². The van der Waals surface area contributed by atoms with Crippen LogP contribution >= 0.6 is 0 Å². The Morgan fingerprint density at radius 1 is 1.21 bits per heavy atom. The number of hydrogen-bond donors (Lipinski definition) is 0. The molecule has 3 rings (SSSR count). The first-order chi connectivity index (χ1) is 13.0. The molecular weight excluding hydrogens is 380 g/mol. The van der Waals surface area contributed by atoms with E-state index in [1.165, 1.54) is 12.1 Å². The van der Waals surface area contributed by atoms with Crippen molar-refractivity contribution in [2.75, 3.05) is 6.61 Å². The van der Waals surface area contributed by atoms with Crippen molar-refractivity contribution in [1.29, 1.82) is 0 Å². The monoisotopic (exact) mass is 404 g/mol. The molecule has 2 aromatic rings. The zero-order chi connectivity index (χ0) is 20.7. The van der Waals surface area contributed by atoms with Crippen molar-refractivity contribution in [3.63, 3.8) is 0 Å². The van der Waals surface area contributed by atoms with Crippen LogP contribution in [-0.4, -0.2) is 35.8 Å². The molecule has 150 valence electrons. The van der Waals surface area contributed by atoms with Gasteiger partial charge in [-0.2, -0.15) is 13.5 Å². The molecule has 0 radical (unpaired) electrons. The normalized spacial score (nSPS) is 13.8. The fourth-order valence-corrected chi connectivity index (χ4v) is 4.20. The van der Waals surface area contributed by atoms with Gasteiger partial charge in [0, 0.05) is 18.1 Å². The van der Waals surface area contributed by atoms with Gasteiger partial charge in [0.2, 0.25) is 0 Å². The maximum Gasteiger partial charge on any atom is 0.358 e. The Bertz CT molecular complexity index is 1040. The quantitative estimate of drug-likeness (QED) is 0.711. The summed E-state index contributed by atoms with van der Waals surface area (Å²) >= 11 is 0. The maximum absolute atomic E-state index is 13.2. The molecule has 0 saturated heterocycles. The van der Waals surface area contributed by atoms with Crippen molar-refractivity contribution in [2.45, 2.75) is 51.5 Å². The lowest BCUT2D eigenvalue weighted by atomic mass is 10.1. The van der Waals surface area contributed by atoms with Gasteiger partial charge in [-0.05, 0) is 46.8 Å². The molecule has 0 bridgehead atoms. The lowest BCUT2D eigenvalue weighted by molar-refractivity contribution is 0.00594. The SMILES string of the molecule is CCOC1=Cc2nn(S(=O)(=O)c3ccc(C)cc3)c(C(=O)OC(C)(C)C)c2C1. The largest absolute Gasteiger partial charge is 0.498 e. The van der Waals surface area contributed by atoms with Crippen LogP contribution in [0.3, 0.4) is 0 Å². The molecular formula is C20H24N2O5S. The Kier molecular flexibility index (Phi) is 5.10. The van der Waals surface area contributed by atoms with E-state index in [0.717, 1.165) is 9.65 Å². The lowest BCUT2D eigenvalue weighted by Gasteiger charge is -2.20. The number of aromatic nitrogens is 2. The Balaban J connectivity index is 2.14. The number of carbonyl (C=O) groups excluding carboxylic acids is 1. The predicted molar refractivity (Wildman–Crippen MR) is 104 cm³/mol. The molecule has 0 atom stereocenters. The summed E-state index contributed by atoms with van der Waals surface area (Å²) in [6, 6.07) is 6.39. The van der Waals surface area contributed by atoms with Crippen molar-refractivity contribution in [1.82, 2.24) is 9.19 Å². The number of aryl methyl sites for hydroxylation is 1. The number of esters is 1. The average molecular weight is 404 g/mol. The fraction of sp³-hybridized carbons (Fsp3) is 0.400. The first-order valence-corrected chi connectivity index (χ1v) is 10.5. The molecule has 0 N–H and O–H groups in total. The molecule has 8 heteroatoms. The van der Waals surface area contributed by atoms with Crippen LogP contribution in [0, 0.1) is 6.92 Å². The van der Waals surface area contributed by atoms with Crippen LogP contribution in [0.2, 0.25) is 0 Å². The van der Waals surface area contributed by atoms with E-state index in [1.807, 2.05) is 13.8 Å². The van der Waals surface area contributed by atoms with Crippen molar-refractivity contribution in [3.05, 3.63) is 52.5 Å². The van der Waals surface area contributed by atoms with E-state index in [-0.39, 0.29) is 10.6 Å². The second kappa shape index (κ2) is 7.09. The van der Waals surface area contributed by atoms with Crippen LogP contribution in [0.15, 0.2) is 34.9 Å². The van der Waals surface area contributed by atoms with Gasteiger partial charge in [-0.15, -0.1) is 4.09 Å². The van der Waals surface area contributed by atoms with Gasteiger partial charge in [-0.3, -0.25) is 0 Å². The van der Waals surface area contributed by atoms with Crippen LogP contribution in [0.25, 0.3) is 6.08 Å². The highest BCUT2D eigenvalue weighted by Gasteiger charge is 2.35. The van der Waals surface area contributed by atoms with Crippen LogP contribution in [0.5, 0.6) is 0 Å². The molecule has 1 heterocycles. The number of fused-ring (bicyclic) bond motifs is 1. The molecule has 1 aromatic carbocycles. The summed E-state index contributed by atoms with van der Waals surface area (Å²) in [6.45, 7) is 9.37. The zero-order valence-electron chi connectivity index (χ0n) is 16.6. The van der Waals surface area contributed by atoms with E-state index in [1.54, 1.807) is 39.0 Å². The molecule has 0 saturated carbocycles. The molecule has 0 spiro atoms. The summed E-state index contributed by atoms with van der Waals surface area (Å²) in [7, 11) is -4.06. The van der Waals surface area contributed by atoms with E-state index < -0.39 is 21.6 Å². The minimum Gasteiger partial charge on any atom is -0.498 e. The van der Waals surface area contributed by atoms with E-state index >= 15 is 0 Å². The van der Waals surface area contributed by atoms with Crippen LogP contribution in [0.1, 0.15) is 55.0 Å². The predicted octanol–water partition coefficient (Wildman–Crippen LogP) is 3.32. The molecule has 0 unspecified atom stereocenters. The van der Waals surface area contributed by atoms with Gasteiger partial charge < -0.3 is 9.47 Å². The summed E-state index contributed by atoms with van der Waals surface area (Å²) in [6.07, 6.45) is 1.95. The number of allylic oxidation sites excluding steroid dienone is 1. The second-order valence-electron chi connectivity index (χ2n) is 7.60. The average Bonchev–Trinajstić information content (AvgIpc) is 3.11. The highest BCUT2D eigenvalue weighted by Crippen LogP contribution is 2.31. The van der Waals surface area contributed by atoms with Crippen molar-refractivity contribution >= 4 is 22.1 Å². The Hall–Kier alpha value is -2.61. The number of benzene rings is 1. The molecule has 1 aliphatic carbocycles. The first-order valence-electron chi connectivity index (χ1n) is 9.04. The highest BCUT2D eigenvalue weighted by molar-refractivity contribution is 7.90. The Morgan fingerprint density at radius 2 is 1.86 bits per heavy atom. The standard InChI is InChI=1S/C20H24N2O5S/c1-6-26-14-11-16-17(12-14)21-22(18(16)19(23)27-20(3,4)5)28(24,25)15-9-7-13(2)8-10-15/h7-10,12H,6,11H2,1-5H3. The molecule has 7 nitrogen and oxygen atoms in total. The first kappa shape index (κ1) is 20.1. The maximum atomic E-state index is 13.2. The fourth-order valence-electron chi connectivity index (χ4n) is 2.90. The molecule has 0 fully saturated rings. The Labute approximate surface area is 165 Å². The van der Waals surface area contributed by atoms with E-state index in [9.17, 15) is 13.2 Å². The smallest absolute Gasteiger partial charge is 0.358 e. The van der Waals surface area contributed by atoms with Crippen LogP contribution in [-0.2, 0) is 25.9 Å². The second-order valence-corrected chi connectivity index (χ2v) is 9.36. The minimum atomic E-state index is -4.06. The summed E-state index contributed by atoms with van der Waals surface area (Å²) < 4.78 is 38.1. The Morgan fingerprint density at radius 3 is 2.43 bits per heavy atom. The van der Waals surface area contributed by atoms with Crippen LogP contribution < -0.4 is 0 Å². The van der Waals surface area contributed by atoms with Gasteiger partial charge in [0.15, 0.2) is 5.69 Å². The molecule has 1 aromatic heterocycles. The number of carbonyl (C=O) groups is 1. The summed E-state index contributed by atoms with van der Waals surface area (Å²) in [5.74, 6) is -0.0900. The number of nitrogens with zero attached hydrogens (tertiary/aromatic N) is 2. The van der Waals surface area contributed by atoms with Crippen molar-refractivity contribution in [3.8, 4) is 0 Å². The van der Waals surface area contributed by atoms with Gasteiger partial charge in [0.25, 0.3) is 10.0 Å². The summed E-state index contributed by atoms with van der Waals surface area (Å²) in [5, 5.41) is 4.22. The molecule has 28 heavy (non-hydrogen) atoms. The number of hydrogen-bond acceptors (Lipinski definition) is 6. The van der Waals surface area contributed by atoms with Gasteiger partial charge in [-0.25, -0.2) is 4.79 Å². The number of ether oxygens (including phenoxy) is 2. The van der Waals surface area contributed by atoms with E-state index in [2.05, 4.69) is 5.10 Å². The van der Waals surface area contributed by atoms with Gasteiger partial charge in [0.1, 0.15) is 11.4 Å².